The summed E-state index contributed by atoms with van der Waals surface area (Å²) in [5.41, 5.74) is 1.16. The van der Waals surface area contributed by atoms with Crippen LogP contribution >= 0.6 is 0 Å². The highest BCUT2D eigenvalue weighted by Crippen LogP contribution is 2.42. The molecule has 1 aliphatic rings. The van der Waals surface area contributed by atoms with Crippen molar-refractivity contribution >= 4 is 0 Å². The van der Waals surface area contributed by atoms with Crippen LogP contribution < -0.4 is 4.74 Å². The SMILES string of the molecule is Cc1ccc(OCC2CC(F)(F)C2)cc1. The van der Waals surface area contributed by atoms with Gasteiger partial charge in [-0.25, -0.2) is 8.78 Å². The molecule has 0 aliphatic heterocycles. The Kier molecular flexibility index (Phi) is 2.63. The third-order valence-electron chi connectivity index (χ3n) is 2.68. The van der Waals surface area contributed by atoms with Gasteiger partial charge in [-0.3, -0.25) is 0 Å². The van der Waals surface area contributed by atoms with Gasteiger partial charge < -0.3 is 4.74 Å². The Morgan fingerprint density at radius 3 is 2.40 bits per heavy atom. The van der Waals surface area contributed by atoms with Crippen LogP contribution in [0.3, 0.4) is 0 Å². The monoisotopic (exact) mass is 212 g/mol. The van der Waals surface area contributed by atoms with Crippen molar-refractivity contribution in [2.75, 3.05) is 6.61 Å². The molecule has 15 heavy (non-hydrogen) atoms. The molecule has 0 amide bonds. The number of aryl methyl sites for hydroxylation is 1. The quantitative estimate of drug-likeness (QED) is 0.746. The van der Waals surface area contributed by atoms with Gasteiger partial charge in [0.2, 0.25) is 5.92 Å². The molecule has 0 saturated heterocycles. The summed E-state index contributed by atoms with van der Waals surface area (Å²) in [4.78, 5) is 0. The van der Waals surface area contributed by atoms with Crippen molar-refractivity contribution in [3.8, 4) is 5.75 Å². The van der Waals surface area contributed by atoms with Crippen molar-refractivity contribution in [2.45, 2.75) is 25.7 Å². The molecule has 0 spiro atoms. The first-order valence-electron chi connectivity index (χ1n) is 5.12. The van der Waals surface area contributed by atoms with Crippen LogP contribution in [0.25, 0.3) is 0 Å². The smallest absolute Gasteiger partial charge is 0.248 e. The fourth-order valence-corrected chi connectivity index (χ4v) is 1.75. The molecular formula is C12H14F2O. The van der Waals surface area contributed by atoms with Gasteiger partial charge in [-0.15, -0.1) is 0 Å². The van der Waals surface area contributed by atoms with Crippen molar-refractivity contribution in [2.24, 2.45) is 5.92 Å². The van der Waals surface area contributed by atoms with Gasteiger partial charge in [0.05, 0.1) is 6.61 Å². The molecule has 2 rings (SSSR count). The Balaban J connectivity index is 1.77. The van der Waals surface area contributed by atoms with Gasteiger partial charge in [0, 0.05) is 18.8 Å². The van der Waals surface area contributed by atoms with Gasteiger partial charge in [-0.1, -0.05) is 17.7 Å². The Hall–Kier alpha value is -1.12. The number of halogens is 2. The van der Waals surface area contributed by atoms with E-state index in [1.54, 1.807) is 0 Å². The van der Waals surface area contributed by atoms with Crippen LogP contribution in [-0.2, 0) is 0 Å². The second-order valence-corrected chi connectivity index (χ2v) is 4.25. The highest BCUT2D eigenvalue weighted by Gasteiger charge is 2.45. The van der Waals surface area contributed by atoms with E-state index in [4.69, 9.17) is 4.74 Å². The van der Waals surface area contributed by atoms with E-state index in [1.165, 1.54) is 0 Å². The topological polar surface area (TPSA) is 9.23 Å². The normalized spacial score (nSPS) is 19.7. The first-order valence-corrected chi connectivity index (χ1v) is 5.12. The number of rotatable bonds is 3. The van der Waals surface area contributed by atoms with Gasteiger partial charge in [-0.05, 0) is 19.1 Å². The van der Waals surface area contributed by atoms with E-state index in [9.17, 15) is 8.78 Å². The predicted molar refractivity (Wildman–Crippen MR) is 54.3 cm³/mol. The Morgan fingerprint density at radius 2 is 1.87 bits per heavy atom. The fourth-order valence-electron chi connectivity index (χ4n) is 1.75. The zero-order valence-corrected chi connectivity index (χ0v) is 8.67. The molecule has 1 fully saturated rings. The summed E-state index contributed by atoms with van der Waals surface area (Å²) in [6.07, 6.45) is -0.0578. The Labute approximate surface area is 88.1 Å². The van der Waals surface area contributed by atoms with Crippen LogP contribution in [-0.4, -0.2) is 12.5 Å². The predicted octanol–water partition coefficient (Wildman–Crippen LogP) is 3.42. The minimum absolute atomic E-state index is 0.0151. The van der Waals surface area contributed by atoms with Gasteiger partial charge in [0.25, 0.3) is 0 Å². The van der Waals surface area contributed by atoms with Crippen LogP contribution in [0.15, 0.2) is 24.3 Å². The molecule has 82 valence electrons. The lowest BCUT2D eigenvalue weighted by molar-refractivity contribution is -0.119. The van der Waals surface area contributed by atoms with Crippen molar-refractivity contribution in [1.29, 1.82) is 0 Å². The first-order chi connectivity index (χ1) is 7.05. The maximum absolute atomic E-state index is 12.5. The lowest BCUT2D eigenvalue weighted by Gasteiger charge is -2.34. The highest BCUT2D eigenvalue weighted by atomic mass is 19.3. The van der Waals surface area contributed by atoms with Gasteiger partial charge in [0.1, 0.15) is 5.75 Å². The minimum Gasteiger partial charge on any atom is -0.493 e. The summed E-state index contributed by atoms with van der Waals surface area (Å²) >= 11 is 0. The third kappa shape index (κ3) is 2.67. The van der Waals surface area contributed by atoms with Crippen molar-refractivity contribution < 1.29 is 13.5 Å². The highest BCUT2D eigenvalue weighted by molar-refractivity contribution is 5.26. The molecule has 1 aromatic carbocycles. The zero-order chi connectivity index (χ0) is 10.9. The van der Waals surface area contributed by atoms with E-state index in [1.807, 2.05) is 31.2 Å². The molecule has 0 unspecified atom stereocenters. The number of benzene rings is 1. The zero-order valence-electron chi connectivity index (χ0n) is 8.67. The van der Waals surface area contributed by atoms with E-state index >= 15 is 0 Å². The molecule has 0 heterocycles. The number of ether oxygens (including phenoxy) is 1. The number of alkyl halides is 2. The molecule has 1 aliphatic carbocycles. The van der Waals surface area contributed by atoms with Crippen LogP contribution in [0.2, 0.25) is 0 Å². The molecule has 3 heteroatoms. The van der Waals surface area contributed by atoms with Crippen molar-refractivity contribution in [3.63, 3.8) is 0 Å². The van der Waals surface area contributed by atoms with Crippen molar-refractivity contribution in [1.82, 2.24) is 0 Å². The fraction of sp³-hybridized carbons (Fsp3) is 0.500. The van der Waals surface area contributed by atoms with Crippen LogP contribution in [0.1, 0.15) is 18.4 Å². The second kappa shape index (κ2) is 3.80. The summed E-state index contributed by atoms with van der Waals surface area (Å²) in [6.45, 7) is 2.40. The van der Waals surface area contributed by atoms with Crippen molar-refractivity contribution in [3.05, 3.63) is 29.8 Å². The summed E-state index contributed by atoms with van der Waals surface area (Å²) in [7, 11) is 0. The third-order valence-corrected chi connectivity index (χ3v) is 2.68. The molecule has 0 bridgehead atoms. The average molecular weight is 212 g/mol. The molecule has 1 aromatic rings. The average Bonchev–Trinajstić information content (AvgIpc) is 2.14. The first kappa shape index (κ1) is 10.4. The van der Waals surface area contributed by atoms with Gasteiger partial charge in [0.15, 0.2) is 0 Å². The van der Waals surface area contributed by atoms with Crippen LogP contribution in [0, 0.1) is 12.8 Å². The number of hydrogen-bond donors (Lipinski definition) is 0. The van der Waals surface area contributed by atoms with Crippen LogP contribution in [0.5, 0.6) is 5.75 Å². The van der Waals surface area contributed by atoms with Gasteiger partial charge in [-0.2, -0.15) is 0 Å². The van der Waals surface area contributed by atoms with E-state index < -0.39 is 5.92 Å². The molecule has 0 atom stereocenters. The summed E-state index contributed by atoms with van der Waals surface area (Å²) < 4.78 is 30.4. The molecule has 0 N–H and O–H groups in total. The summed E-state index contributed by atoms with van der Waals surface area (Å²) in [5, 5.41) is 0. The Bertz CT molecular complexity index is 324. The number of hydrogen-bond acceptors (Lipinski definition) is 1. The van der Waals surface area contributed by atoms with E-state index in [0.29, 0.717) is 6.61 Å². The lowest BCUT2D eigenvalue weighted by atomic mass is 9.82. The van der Waals surface area contributed by atoms with Gasteiger partial charge >= 0.3 is 0 Å². The van der Waals surface area contributed by atoms with Crippen LogP contribution in [0.4, 0.5) is 8.78 Å². The molecule has 1 saturated carbocycles. The summed E-state index contributed by atoms with van der Waals surface area (Å²) in [6, 6.07) is 7.63. The molecular weight excluding hydrogens is 198 g/mol. The molecule has 0 aromatic heterocycles. The maximum Gasteiger partial charge on any atom is 0.248 e. The summed E-state index contributed by atoms with van der Waals surface area (Å²) in [5.74, 6) is -1.67. The van der Waals surface area contributed by atoms with E-state index in [-0.39, 0.29) is 18.8 Å². The van der Waals surface area contributed by atoms with E-state index in [0.717, 1.165) is 11.3 Å². The molecule has 1 nitrogen and oxygen atoms in total. The second-order valence-electron chi connectivity index (χ2n) is 4.25. The Morgan fingerprint density at radius 1 is 1.27 bits per heavy atom. The molecule has 0 radical (unpaired) electrons. The largest absolute Gasteiger partial charge is 0.493 e. The van der Waals surface area contributed by atoms with E-state index in [2.05, 4.69) is 0 Å². The standard InChI is InChI=1S/C12H14F2O/c1-9-2-4-11(5-3-9)15-8-10-6-12(13,14)7-10/h2-5,10H,6-8H2,1H3. The lowest BCUT2D eigenvalue weighted by Crippen LogP contribution is -2.38. The minimum atomic E-state index is -2.44. The maximum atomic E-state index is 12.5.